The second-order valence-corrected chi connectivity index (χ2v) is 5.16. The van der Waals surface area contributed by atoms with Gasteiger partial charge >= 0.3 is 0 Å². The Hall–Kier alpha value is -1.35. The zero-order valence-corrected chi connectivity index (χ0v) is 10.9. The molecule has 0 unspecified atom stereocenters. The Morgan fingerprint density at radius 3 is 2.94 bits per heavy atom. The van der Waals surface area contributed by atoms with E-state index in [1.165, 1.54) is 18.4 Å². The van der Waals surface area contributed by atoms with Crippen LogP contribution in [0.3, 0.4) is 0 Å². The Morgan fingerprint density at radius 2 is 2.17 bits per heavy atom. The van der Waals surface area contributed by atoms with Crippen molar-refractivity contribution in [2.45, 2.75) is 32.6 Å². The SMILES string of the molecule is CCc1ccc2oc(CC3CCNCC3)nc2c1. The van der Waals surface area contributed by atoms with Gasteiger partial charge in [-0.3, -0.25) is 0 Å². The molecular weight excluding hydrogens is 224 g/mol. The minimum absolute atomic E-state index is 0.727. The average Bonchev–Trinajstić information content (AvgIpc) is 2.80. The lowest BCUT2D eigenvalue weighted by Crippen LogP contribution is -2.28. The van der Waals surface area contributed by atoms with E-state index in [0.717, 1.165) is 48.8 Å². The van der Waals surface area contributed by atoms with Crippen LogP contribution in [-0.2, 0) is 12.8 Å². The molecule has 2 heterocycles. The van der Waals surface area contributed by atoms with Crippen LogP contribution in [0.2, 0.25) is 0 Å². The van der Waals surface area contributed by atoms with Crippen molar-refractivity contribution in [2.75, 3.05) is 13.1 Å². The van der Waals surface area contributed by atoms with Gasteiger partial charge in [0, 0.05) is 6.42 Å². The number of nitrogens with one attached hydrogen (secondary N) is 1. The number of benzene rings is 1. The van der Waals surface area contributed by atoms with Crippen molar-refractivity contribution < 1.29 is 4.42 Å². The molecule has 0 saturated carbocycles. The van der Waals surface area contributed by atoms with Gasteiger partial charge in [0.15, 0.2) is 11.5 Å². The molecule has 1 fully saturated rings. The summed E-state index contributed by atoms with van der Waals surface area (Å²) >= 11 is 0. The smallest absolute Gasteiger partial charge is 0.195 e. The normalized spacial score (nSPS) is 17.4. The number of nitrogens with zero attached hydrogens (tertiary/aromatic N) is 1. The summed E-state index contributed by atoms with van der Waals surface area (Å²) < 4.78 is 5.84. The van der Waals surface area contributed by atoms with Crippen LogP contribution in [0.4, 0.5) is 0 Å². The first-order valence-corrected chi connectivity index (χ1v) is 6.94. The highest BCUT2D eigenvalue weighted by Crippen LogP contribution is 2.22. The molecule has 2 aromatic rings. The monoisotopic (exact) mass is 244 g/mol. The van der Waals surface area contributed by atoms with Crippen LogP contribution in [0.5, 0.6) is 0 Å². The maximum Gasteiger partial charge on any atom is 0.195 e. The molecule has 1 aromatic carbocycles. The van der Waals surface area contributed by atoms with E-state index < -0.39 is 0 Å². The summed E-state index contributed by atoms with van der Waals surface area (Å²) in [7, 11) is 0. The van der Waals surface area contributed by atoms with Gasteiger partial charge in [-0.25, -0.2) is 4.98 Å². The van der Waals surface area contributed by atoms with E-state index in [0.29, 0.717) is 0 Å². The molecule has 0 radical (unpaired) electrons. The standard InChI is InChI=1S/C15H20N2O/c1-2-11-3-4-14-13(9-11)17-15(18-14)10-12-5-7-16-8-6-12/h3-4,9,12,16H,2,5-8,10H2,1H3. The van der Waals surface area contributed by atoms with Gasteiger partial charge in [-0.15, -0.1) is 0 Å². The summed E-state index contributed by atoms with van der Waals surface area (Å²) in [5, 5.41) is 3.39. The van der Waals surface area contributed by atoms with E-state index in [1.807, 2.05) is 6.07 Å². The minimum atomic E-state index is 0.727. The second kappa shape index (κ2) is 5.11. The fourth-order valence-corrected chi connectivity index (χ4v) is 2.66. The van der Waals surface area contributed by atoms with Crippen LogP contribution in [0.1, 0.15) is 31.2 Å². The number of fused-ring (bicyclic) bond motifs is 1. The van der Waals surface area contributed by atoms with Gasteiger partial charge in [0.05, 0.1) is 0 Å². The molecule has 0 amide bonds. The Balaban J connectivity index is 1.79. The number of oxazole rings is 1. The quantitative estimate of drug-likeness (QED) is 0.902. The molecule has 1 saturated heterocycles. The van der Waals surface area contributed by atoms with Crippen molar-refractivity contribution in [3.63, 3.8) is 0 Å². The van der Waals surface area contributed by atoms with Crippen molar-refractivity contribution in [3.05, 3.63) is 29.7 Å². The molecule has 0 aliphatic carbocycles. The van der Waals surface area contributed by atoms with Gasteiger partial charge in [0.2, 0.25) is 0 Å². The lowest BCUT2D eigenvalue weighted by atomic mass is 9.95. The summed E-state index contributed by atoms with van der Waals surface area (Å²) in [5.41, 5.74) is 3.26. The third kappa shape index (κ3) is 2.41. The molecular formula is C15H20N2O. The molecule has 1 aliphatic heterocycles. The number of aromatic nitrogens is 1. The summed E-state index contributed by atoms with van der Waals surface area (Å²) in [6.45, 7) is 4.42. The van der Waals surface area contributed by atoms with E-state index in [2.05, 4.69) is 29.4 Å². The zero-order valence-electron chi connectivity index (χ0n) is 10.9. The first-order chi connectivity index (χ1) is 8.85. The predicted octanol–water partition coefficient (Wildman–Crippen LogP) is 2.93. The summed E-state index contributed by atoms with van der Waals surface area (Å²) in [6, 6.07) is 6.32. The maximum absolute atomic E-state index is 5.84. The van der Waals surface area contributed by atoms with E-state index >= 15 is 0 Å². The highest BCUT2D eigenvalue weighted by Gasteiger charge is 2.16. The molecule has 18 heavy (non-hydrogen) atoms. The Labute approximate surface area is 108 Å². The highest BCUT2D eigenvalue weighted by atomic mass is 16.3. The molecule has 0 spiro atoms. The fourth-order valence-electron chi connectivity index (χ4n) is 2.66. The third-order valence-corrected chi connectivity index (χ3v) is 3.83. The molecule has 1 aromatic heterocycles. The summed E-state index contributed by atoms with van der Waals surface area (Å²) in [4.78, 5) is 4.63. The van der Waals surface area contributed by atoms with E-state index in [9.17, 15) is 0 Å². The van der Waals surface area contributed by atoms with Crippen LogP contribution < -0.4 is 5.32 Å². The molecule has 3 rings (SSSR count). The van der Waals surface area contributed by atoms with Crippen LogP contribution in [0.25, 0.3) is 11.1 Å². The van der Waals surface area contributed by atoms with Gasteiger partial charge in [0.25, 0.3) is 0 Å². The van der Waals surface area contributed by atoms with Gasteiger partial charge in [-0.2, -0.15) is 0 Å². The lowest BCUT2D eigenvalue weighted by Gasteiger charge is -2.20. The topological polar surface area (TPSA) is 38.1 Å². The molecule has 0 bridgehead atoms. The van der Waals surface area contributed by atoms with Crippen molar-refractivity contribution in [1.82, 2.24) is 10.3 Å². The van der Waals surface area contributed by atoms with E-state index in [1.54, 1.807) is 0 Å². The minimum Gasteiger partial charge on any atom is -0.441 e. The highest BCUT2D eigenvalue weighted by molar-refractivity contribution is 5.73. The van der Waals surface area contributed by atoms with Crippen LogP contribution >= 0.6 is 0 Å². The number of hydrogen-bond donors (Lipinski definition) is 1. The molecule has 1 aliphatic rings. The second-order valence-electron chi connectivity index (χ2n) is 5.16. The van der Waals surface area contributed by atoms with E-state index in [4.69, 9.17) is 4.42 Å². The molecule has 3 heteroatoms. The number of piperidine rings is 1. The van der Waals surface area contributed by atoms with Crippen molar-refractivity contribution in [3.8, 4) is 0 Å². The number of rotatable bonds is 3. The Kier molecular flexibility index (Phi) is 3.33. The van der Waals surface area contributed by atoms with Crippen LogP contribution in [0, 0.1) is 5.92 Å². The van der Waals surface area contributed by atoms with Crippen molar-refractivity contribution in [1.29, 1.82) is 0 Å². The fraction of sp³-hybridized carbons (Fsp3) is 0.533. The largest absolute Gasteiger partial charge is 0.441 e. The zero-order chi connectivity index (χ0) is 12.4. The van der Waals surface area contributed by atoms with Gasteiger partial charge in [-0.05, 0) is 56.0 Å². The average molecular weight is 244 g/mol. The molecule has 96 valence electrons. The van der Waals surface area contributed by atoms with Crippen molar-refractivity contribution >= 4 is 11.1 Å². The van der Waals surface area contributed by atoms with Gasteiger partial charge in [-0.1, -0.05) is 13.0 Å². The summed E-state index contributed by atoms with van der Waals surface area (Å²) in [6.07, 6.45) is 4.50. The first kappa shape index (κ1) is 11.7. The van der Waals surface area contributed by atoms with E-state index in [-0.39, 0.29) is 0 Å². The van der Waals surface area contributed by atoms with Crippen LogP contribution in [0.15, 0.2) is 22.6 Å². The predicted molar refractivity (Wildman–Crippen MR) is 72.7 cm³/mol. The van der Waals surface area contributed by atoms with Crippen molar-refractivity contribution in [2.24, 2.45) is 5.92 Å². The van der Waals surface area contributed by atoms with Crippen LogP contribution in [-0.4, -0.2) is 18.1 Å². The maximum atomic E-state index is 5.84. The molecule has 3 nitrogen and oxygen atoms in total. The first-order valence-electron chi connectivity index (χ1n) is 6.94. The third-order valence-electron chi connectivity index (χ3n) is 3.83. The van der Waals surface area contributed by atoms with Gasteiger partial charge in [0.1, 0.15) is 5.52 Å². The summed E-state index contributed by atoms with van der Waals surface area (Å²) in [5.74, 6) is 1.63. The Morgan fingerprint density at radius 1 is 1.33 bits per heavy atom. The Bertz CT molecular complexity index is 526. The molecule has 0 atom stereocenters. The molecule has 1 N–H and O–H groups in total. The number of hydrogen-bond acceptors (Lipinski definition) is 3. The number of aryl methyl sites for hydroxylation is 1. The van der Waals surface area contributed by atoms with Gasteiger partial charge < -0.3 is 9.73 Å². The lowest BCUT2D eigenvalue weighted by molar-refractivity contribution is 0.346.